The first-order valence-electron chi connectivity index (χ1n) is 8.28. The van der Waals surface area contributed by atoms with Crippen molar-refractivity contribution in [1.29, 1.82) is 5.26 Å². The summed E-state index contributed by atoms with van der Waals surface area (Å²) in [7, 11) is 0. The third-order valence-corrected chi connectivity index (χ3v) is 4.24. The summed E-state index contributed by atoms with van der Waals surface area (Å²) in [6.07, 6.45) is 1.18. The average Bonchev–Trinajstić information content (AvgIpc) is 2.77. The SMILES string of the molecule is CCn1c(C#Cc2ccc(C(F)(F)F)cc2)c(C#N)c2c1=CC(O)=CCC=2. The summed E-state index contributed by atoms with van der Waals surface area (Å²) in [5.41, 5.74) is 0.556. The molecule has 0 spiro atoms. The summed E-state index contributed by atoms with van der Waals surface area (Å²) in [6.45, 7) is 2.42. The Morgan fingerprint density at radius 1 is 1.15 bits per heavy atom. The Bertz CT molecular complexity index is 1130. The quantitative estimate of drug-likeness (QED) is 0.786. The first-order valence-corrected chi connectivity index (χ1v) is 8.28. The van der Waals surface area contributed by atoms with Gasteiger partial charge in [0.15, 0.2) is 0 Å². The van der Waals surface area contributed by atoms with Crippen LogP contribution in [0.2, 0.25) is 0 Å². The van der Waals surface area contributed by atoms with Crippen LogP contribution in [0.25, 0.3) is 12.2 Å². The Morgan fingerprint density at radius 3 is 2.44 bits per heavy atom. The Morgan fingerprint density at radius 2 is 1.85 bits per heavy atom. The predicted molar refractivity (Wildman–Crippen MR) is 95.8 cm³/mol. The molecule has 1 N–H and O–H groups in total. The topological polar surface area (TPSA) is 49.0 Å². The van der Waals surface area contributed by atoms with Gasteiger partial charge in [0.05, 0.1) is 16.5 Å². The van der Waals surface area contributed by atoms with E-state index in [1.807, 2.05) is 17.6 Å². The fourth-order valence-electron chi connectivity index (χ4n) is 2.96. The summed E-state index contributed by atoms with van der Waals surface area (Å²) in [5.74, 6) is 5.86. The molecule has 0 saturated carbocycles. The number of aliphatic hydroxyl groups is 1. The summed E-state index contributed by atoms with van der Waals surface area (Å²) in [6, 6.07) is 6.73. The standard InChI is InChI=1S/C21H15F3N2O/c1-2-26-19(11-8-14-6-9-15(10-7-14)21(22,23)24)18(13-25)17-5-3-4-16(27)12-20(17)26/h4-7,9-10,12,27H,2-3H2,1H3. The van der Waals surface area contributed by atoms with Crippen molar-refractivity contribution in [3.05, 3.63) is 69.1 Å². The molecular weight excluding hydrogens is 353 g/mol. The first kappa shape index (κ1) is 18.4. The van der Waals surface area contributed by atoms with Gasteiger partial charge in [0, 0.05) is 23.4 Å². The lowest BCUT2D eigenvalue weighted by molar-refractivity contribution is -0.137. The highest BCUT2D eigenvalue weighted by Gasteiger charge is 2.29. The molecule has 0 unspecified atom stereocenters. The van der Waals surface area contributed by atoms with E-state index in [0.717, 1.165) is 12.1 Å². The molecule has 3 rings (SSSR count). The molecule has 0 saturated heterocycles. The van der Waals surface area contributed by atoms with Crippen LogP contribution >= 0.6 is 0 Å². The molecule has 136 valence electrons. The third kappa shape index (κ3) is 3.61. The van der Waals surface area contributed by atoms with Crippen molar-refractivity contribution in [3.8, 4) is 17.9 Å². The molecule has 1 aliphatic carbocycles. The van der Waals surface area contributed by atoms with Crippen molar-refractivity contribution in [2.45, 2.75) is 26.1 Å². The zero-order chi connectivity index (χ0) is 19.6. The zero-order valence-corrected chi connectivity index (χ0v) is 14.4. The van der Waals surface area contributed by atoms with Gasteiger partial charge < -0.3 is 9.67 Å². The van der Waals surface area contributed by atoms with Gasteiger partial charge in [-0.05, 0) is 49.6 Å². The number of fused-ring (bicyclic) bond motifs is 1. The first-order chi connectivity index (χ1) is 12.8. The number of halogens is 3. The molecule has 1 aromatic heterocycles. The summed E-state index contributed by atoms with van der Waals surface area (Å²) in [4.78, 5) is 0. The second-order valence-electron chi connectivity index (χ2n) is 5.92. The minimum absolute atomic E-state index is 0.115. The number of alkyl halides is 3. The van der Waals surface area contributed by atoms with Gasteiger partial charge in [-0.2, -0.15) is 18.4 Å². The van der Waals surface area contributed by atoms with Gasteiger partial charge >= 0.3 is 6.18 Å². The maximum Gasteiger partial charge on any atom is 0.416 e. The largest absolute Gasteiger partial charge is 0.508 e. The van der Waals surface area contributed by atoms with E-state index >= 15 is 0 Å². The van der Waals surface area contributed by atoms with E-state index in [0.29, 0.717) is 40.4 Å². The number of nitrogens with zero attached hydrogens (tertiary/aromatic N) is 2. The maximum atomic E-state index is 12.7. The van der Waals surface area contributed by atoms with Crippen molar-refractivity contribution >= 4 is 12.2 Å². The molecule has 1 heterocycles. The second-order valence-corrected chi connectivity index (χ2v) is 5.92. The van der Waals surface area contributed by atoms with Crippen LogP contribution in [0.5, 0.6) is 0 Å². The Hall–Kier alpha value is -3.38. The van der Waals surface area contributed by atoms with Gasteiger partial charge in [-0.3, -0.25) is 0 Å². The van der Waals surface area contributed by atoms with Crippen LogP contribution in [0.1, 0.15) is 35.7 Å². The van der Waals surface area contributed by atoms with E-state index in [4.69, 9.17) is 0 Å². The molecule has 1 aliphatic rings. The van der Waals surface area contributed by atoms with E-state index in [1.54, 1.807) is 12.2 Å². The molecule has 0 fully saturated rings. The smallest absolute Gasteiger partial charge is 0.416 e. The molecule has 2 aromatic rings. The zero-order valence-electron chi connectivity index (χ0n) is 14.4. The molecule has 27 heavy (non-hydrogen) atoms. The van der Waals surface area contributed by atoms with Crippen LogP contribution in [0.15, 0.2) is 36.1 Å². The lowest BCUT2D eigenvalue weighted by Gasteiger charge is -2.05. The highest BCUT2D eigenvalue weighted by Crippen LogP contribution is 2.28. The number of benzene rings is 1. The Kier molecular flexibility index (Phi) is 4.83. The molecule has 0 aliphatic heterocycles. The highest BCUT2D eigenvalue weighted by atomic mass is 19.4. The summed E-state index contributed by atoms with van der Waals surface area (Å²) in [5, 5.41) is 20.9. The molecule has 3 nitrogen and oxygen atoms in total. The fraction of sp³-hybridized carbons (Fsp3) is 0.190. The fourth-order valence-corrected chi connectivity index (χ4v) is 2.96. The highest BCUT2D eigenvalue weighted by molar-refractivity contribution is 5.57. The van der Waals surface area contributed by atoms with Crippen molar-refractivity contribution < 1.29 is 18.3 Å². The van der Waals surface area contributed by atoms with Crippen LogP contribution < -0.4 is 10.6 Å². The van der Waals surface area contributed by atoms with E-state index in [2.05, 4.69) is 17.9 Å². The Labute approximate surface area is 154 Å². The summed E-state index contributed by atoms with van der Waals surface area (Å²) < 4.78 is 39.8. The normalized spacial score (nSPS) is 13.1. The minimum atomic E-state index is -4.39. The maximum absolute atomic E-state index is 12.7. The third-order valence-electron chi connectivity index (χ3n) is 4.24. The summed E-state index contributed by atoms with van der Waals surface area (Å²) >= 11 is 0. The molecule has 0 amide bonds. The van der Waals surface area contributed by atoms with Gasteiger partial charge in [-0.25, -0.2) is 0 Å². The minimum Gasteiger partial charge on any atom is -0.508 e. The number of hydrogen-bond acceptors (Lipinski definition) is 2. The van der Waals surface area contributed by atoms with Crippen molar-refractivity contribution in [1.82, 2.24) is 4.57 Å². The number of aliphatic hydroxyl groups excluding tert-OH is 1. The van der Waals surface area contributed by atoms with E-state index in [-0.39, 0.29) is 5.76 Å². The number of aromatic nitrogens is 1. The van der Waals surface area contributed by atoms with Crippen molar-refractivity contribution in [2.75, 3.05) is 0 Å². The van der Waals surface area contributed by atoms with Crippen molar-refractivity contribution in [3.63, 3.8) is 0 Å². The lowest BCUT2D eigenvalue weighted by atomic mass is 10.1. The molecule has 0 bridgehead atoms. The predicted octanol–water partition coefficient (Wildman–Crippen LogP) is 3.20. The molecule has 0 radical (unpaired) electrons. The van der Waals surface area contributed by atoms with Gasteiger partial charge in [0.2, 0.25) is 0 Å². The van der Waals surface area contributed by atoms with Crippen LogP contribution in [-0.4, -0.2) is 9.67 Å². The van der Waals surface area contributed by atoms with E-state index < -0.39 is 11.7 Å². The average molecular weight is 368 g/mol. The van der Waals surface area contributed by atoms with Crippen molar-refractivity contribution in [2.24, 2.45) is 0 Å². The van der Waals surface area contributed by atoms with Gasteiger partial charge in [-0.15, -0.1) is 0 Å². The number of nitriles is 1. The van der Waals surface area contributed by atoms with Crippen LogP contribution in [0.4, 0.5) is 13.2 Å². The van der Waals surface area contributed by atoms with Gasteiger partial charge in [0.1, 0.15) is 17.5 Å². The molecule has 6 heteroatoms. The lowest BCUT2D eigenvalue weighted by Crippen LogP contribution is -2.29. The Balaban J connectivity index is 2.13. The molecule has 0 atom stereocenters. The van der Waals surface area contributed by atoms with Gasteiger partial charge in [-0.1, -0.05) is 12.0 Å². The molecular formula is C21H15F3N2O. The van der Waals surface area contributed by atoms with Gasteiger partial charge in [0.25, 0.3) is 0 Å². The van der Waals surface area contributed by atoms with Crippen LogP contribution in [0.3, 0.4) is 0 Å². The van der Waals surface area contributed by atoms with Crippen LogP contribution in [-0.2, 0) is 12.7 Å². The number of rotatable bonds is 1. The number of allylic oxidation sites excluding steroid dienone is 2. The number of hydrogen-bond donors (Lipinski definition) is 1. The van der Waals surface area contributed by atoms with E-state index in [1.165, 1.54) is 12.1 Å². The second kappa shape index (κ2) is 7.09. The monoisotopic (exact) mass is 368 g/mol. The van der Waals surface area contributed by atoms with E-state index in [9.17, 15) is 23.5 Å². The van der Waals surface area contributed by atoms with Crippen LogP contribution in [0, 0.1) is 23.2 Å². The molecule has 1 aromatic carbocycles.